The summed E-state index contributed by atoms with van der Waals surface area (Å²) in [7, 11) is 0. The van der Waals surface area contributed by atoms with Gasteiger partial charge >= 0.3 is 5.97 Å². The first kappa shape index (κ1) is 20.5. The predicted octanol–water partition coefficient (Wildman–Crippen LogP) is 3.03. The number of benzene rings is 2. The molecule has 0 aliphatic heterocycles. The van der Waals surface area contributed by atoms with E-state index >= 15 is 0 Å². The van der Waals surface area contributed by atoms with Gasteiger partial charge in [0.2, 0.25) is 0 Å². The highest BCUT2D eigenvalue weighted by atomic mass is 16.5. The average Bonchev–Trinajstić information content (AvgIpc) is 3.07. The third-order valence-corrected chi connectivity index (χ3v) is 4.40. The molecule has 1 amide bonds. The van der Waals surface area contributed by atoms with Crippen LogP contribution in [-0.4, -0.2) is 47.8 Å². The highest BCUT2D eigenvalue weighted by Crippen LogP contribution is 2.22. The number of rotatable bonds is 9. The number of carbonyl (C=O) groups is 2. The third kappa shape index (κ3) is 5.20. The lowest BCUT2D eigenvalue weighted by atomic mass is 10.2. The number of fused-ring (bicyclic) bond motifs is 1. The van der Waals surface area contributed by atoms with E-state index in [1.165, 1.54) is 0 Å². The van der Waals surface area contributed by atoms with Crippen molar-refractivity contribution in [1.82, 2.24) is 14.9 Å². The molecule has 2 aromatic carbocycles. The van der Waals surface area contributed by atoms with Gasteiger partial charge in [0.25, 0.3) is 5.91 Å². The number of ether oxygens (including phenoxy) is 2. The summed E-state index contributed by atoms with van der Waals surface area (Å²) in [4.78, 5) is 28.7. The molecule has 3 rings (SSSR count). The fourth-order valence-electron chi connectivity index (χ4n) is 3.04. The van der Waals surface area contributed by atoms with Crippen LogP contribution in [0.3, 0.4) is 0 Å². The number of carbonyl (C=O) groups excluding carboxylic acids is 2. The first-order valence-electron chi connectivity index (χ1n) is 9.66. The maximum absolute atomic E-state index is 12.3. The summed E-state index contributed by atoms with van der Waals surface area (Å²) in [5, 5.41) is 2.70. The molecular weight excluding hydrogens is 370 g/mol. The minimum absolute atomic E-state index is 0.316. The molecule has 0 unspecified atom stereocenters. The van der Waals surface area contributed by atoms with Crippen LogP contribution in [0.25, 0.3) is 16.7 Å². The Bertz CT molecular complexity index is 982. The SMILES string of the molecule is CCOCCCNC(=O)COC(=O)c1ccc2c(c1)nc(C)n2-c1ccccc1. The second-order valence-electron chi connectivity index (χ2n) is 6.51. The number of amides is 1. The van der Waals surface area contributed by atoms with Gasteiger partial charge in [-0.15, -0.1) is 0 Å². The Morgan fingerprint density at radius 1 is 1.14 bits per heavy atom. The van der Waals surface area contributed by atoms with Crippen LogP contribution in [0.2, 0.25) is 0 Å². The monoisotopic (exact) mass is 395 g/mol. The molecule has 1 N–H and O–H groups in total. The van der Waals surface area contributed by atoms with Crippen LogP contribution in [0.5, 0.6) is 0 Å². The van der Waals surface area contributed by atoms with E-state index in [2.05, 4.69) is 10.3 Å². The number of para-hydroxylation sites is 1. The fourth-order valence-corrected chi connectivity index (χ4v) is 3.04. The van der Waals surface area contributed by atoms with Crippen LogP contribution in [0, 0.1) is 6.92 Å². The molecule has 1 aromatic heterocycles. The van der Waals surface area contributed by atoms with Gasteiger partial charge in [0.15, 0.2) is 6.61 Å². The molecule has 0 radical (unpaired) electrons. The third-order valence-electron chi connectivity index (χ3n) is 4.40. The van der Waals surface area contributed by atoms with Crippen molar-refractivity contribution in [2.75, 3.05) is 26.4 Å². The lowest BCUT2D eigenvalue weighted by molar-refractivity contribution is -0.124. The highest BCUT2D eigenvalue weighted by Gasteiger charge is 2.14. The van der Waals surface area contributed by atoms with E-state index < -0.39 is 5.97 Å². The molecule has 0 fully saturated rings. The Morgan fingerprint density at radius 3 is 2.69 bits per heavy atom. The summed E-state index contributed by atoms with van der Waals surface area (Å²) in [5.74, 6) is -0.0634. The minimum Gasteiger partial charge on any atom is -0.452 e. The number of esters is 1. The predicted molar refractivity (Wildman–Crippen MR) is 110 cm³/mol. The van der Waals surface area contributed by atoms with E-state index in [1.54, 1.807) is 12.1 Å². The van der Waals surface area contributed by atoms with Crippen LogP contribution in [0.1, 0.15) is 29.5 Å². The first-order chi connectivity index (χ1) is 14.1. The number of aromatic nitrogens is 2. The van der Waals surface area contributed by atoms with E-state index in [0.717, 1.165) is 17.0 Å². The summed E-state index contributed by atoms with van der Waals surface area (Å²) in [6.07, 6.45) is 0.716. The number of aryl methyl sites for hydroxylation is 1. The minimum atomic E-state index is -0.553. The molecule has 0 bridgehead atoms. The topological polar surface area (TPSA) is 82.4 Å². The average molecular weight is 395 g/mol. The van der Waals surface area contributed by atoms with Gasteiger partial charge in [-0.2, -0.15) is 0 Å². The summed E-state index contributed by atoms with van der Waals surface area (Å²) in [6, 6.07) is 15.1. The largest absolute Gasteiger partial charge is 0.452 e. The molecule has 7 heteroatoms. The zero-order valence-electron chi connectivity index (χ0n) is 16.7. The van der Waals surface area contributed by atoms with Gasteiger partial charge in [-0.1, -0.05) is 18.2 Å². The van der Waals surface area contributed by atoms with Crippen molar-refractivity contribution in [2.45, 2.75) is 20.3 Å². The molecule has 1 heterocycles. The molecule has 0 saturated heterocycles. The first-order valence-corrected chi connectivity index (χ1v) is 9.66. The van der Waals surface area contributed by atoms with Crippen molar-refractivity contribution in [3.8, 4) is 5.69 Å². The lowest BCUT2D eigenvalue weighted by Gasteiger charge is -2.08. The Balaban J connectivity index is 1.62. The van der Waals surface area contributed by atoms with Gasteiger partial charge in [0, 0.05) is 25.4 Å². The molecular formula is C22H25N3O4. The van der Waals surface area contributed by atoms with Crippen molar-refractivity contribution in [1.29, 1.82) is 0 Å². The van der Waals surface area contributed by atoms with Gasteiger partial charge in [0.1, 0.15) is 5.82 Å². The molecule has 0 saturated carbocycles. The summed E-state index contributed by atoms with van der Waals surface area (Å²) >= 11 is 0. The summed E-state index contributed by atoms with van der Waals surface area (Å²) < 4.78 is 12.4. The Kier molecular flexibility index (Phi) is 6.97. The van der Waals surface area contributed by atoms with Gasteiger partial charge in [-0.25, -0.2) is 9.78 Å². The van der Waals surface area contributed by atoms with E-state index in [9.17, 15) is 9.59 Å². The van der Waals surface area contributed by atoms with Crippen LogP contribution >= 0.6 is 0 Å². The standard InChI is InChI=1S/C22H25N3O4/c1-3-28-13-7-12-23-21(26)15-29-22(27)17-10-11-20-19(14-17)24-16(2)25(20)18-8-5-4-6-9-18/h4-6,8-11,14H,3,7,12-13,15H2,1-2H3,(H,23,26). The maximum Gasteiger partial charge on any atom is 0.338 e. The molecule has 29 heavy (non-hydrogen) atoms. The molecule has 3 aromatic rings. The van der Waals surface area contributed by atoms with E-state index in [-0.39, 0.29) is 12.5 Å². The van der Waals surface area contributed by atoms with E-state index in [4.69, 9.17) is 9.47 Å². The highest BCUT2D eigenvalue weighted by molar-refractivity contribution is 5.95. The molecule has 0 spiro atoms. The number of imidazole rings is 1. The summed E-state index contributed by atoms with van der Waals surface area (Å²) in [5.41, 5.74) is 2.96. The van der Waals surface area contributed by atoms with Crippen molar-refractivity contribution in [3.63, 3.8) is 0 Å². The van der Waals surface area contributed by atoms with Crippen LogP contribution in [-0.2, 0) is 14.3 Å². The van der Waals surface area contributed by atoms with Gasteiger partial charge < -0.3 is 14.8 Å². The maximum atomic E-state index is 12.3. The Morgan fingerprint density at radius 2 is 1.93 bits per heavy atom. The molecule has 152 valence electrons. The number of nitrogens with zero attached hydrogens (tertiary/aromatic N) is 2. The fraction of sp³-hybridized carbons (Fsp3) is 0.318. The second kappa shape index (κ2) is 9.84. The second-order valence-corrected chi connectivity index (χ2v) is 6.51. The number of hydrogen-bond acceptors (Lipinski definition) is 5. The molecule has 7 nitrogen and oxygen atoms in total. The zero-order valence-corrected chi connectivity index (χ0v) is 16.7. The lowest BCUT2D eigenvalue weighted by Crippen LogP contribution is -2.30. The van der Waals surface area contributed by atoms with E-state index in [0.29, 0.717) is 37.3 Å². The van der Waals surface area contributed by atoms with Gasteiger partial charge in [-0.05, 0) is 50.6 Å². The van der Waals surface area contributed by atoms with Crippen LogP contribution in [0.4, 0.5) is 0 Å². The number of hydrogen-bond donors (Lipinski definition) is 1. The number of nitrogens with one attached hydrogen (secondary N) is 1. The Hall–Kier alpha value is -3.19. The molecule has 0 atom stereocenters. The van der Waals surface area contributed by atoms with Crippen LogP contribution in [0.15, 0.2) is 48.5 Å². The quantitative estimate of drug-likeness (QED) is 0.445. The zero-order chi connectivity index (χ0) is 20.6. The van der Waals surface area contributed by atoms with Gasteiger partial charge in [0.05, 0.1) is 16.6 Å². The summed E-state index contributed by atoms with van der Waals surface area (Å²) in [6.45, 7) is 5.25. The van der Waals surface area contributed by atoms with Crippen molar-refractivity contribution >= 4 is 22.9 Å². The van der Waals surface area contributed by atoms with Crippen LogP contribution < -0.4 is 5.32 Å². The van der Waals surface area contributed by atoms with Crippen molar-refractivity contribution in [2.24, 2.45) is 0 Å². The molecule has 0 aliphatic carbocycles. The molecule has 0 aliphatic rings. The van der Waals surface area contributed by atoms with Crippen molar-refractivity contribution < 1.29 is 19.1 Å². The normalized spacial score (nSPS) is 10.8. The van der Waals surface area contributed by atoms with E-state index in [1.807, 2.05) is 54.8 Å². The van der Waals surface area contributed by atoms with Gasteiger partial charge in [-0.3, -0.25) is 9.36 Å². The smallest absolute Gasteiger partial charge is 0.338 e. The Labute approximate surface area is 169 Å². The van der Waals surface area contributed by atoms with Crippen molar-refractivity contribution in [3.05, 3.63) is 59.9 Å².